The molecule has 1 aliphatic heterocycles. The van der Waals surface area contributed by atoms with Gasteiger partial charge in [0, 0.05) is 38.2 Å². The molecule has 21 heavy (non-hydrogen) atoms. The zero-order valence-electron chi connectivity index (χ0n) is 12.8. The van der Waals surface area contributed by atoms with Crippen molar-refractivity contribution in [2.75, 3.05) is 33.3 Å². The number of hydrogen-bond donors (Lipinski definition) is 2. The summed E-state index contributed by atoms with van der Waals surface area (Å²) in [5, 5.41) is 13.4. The van der Waals surface area contributed by atoms with Gasteiger partial charge in [-0.25, -0.2) is 0 Å². The van der Waals surface area contributed by atoms with E-state index in [2.05, 4.69) is 5.32 Å². The number of amides is 1. The molecule has 2 rings (SSSR count). The van der Waals surface area contributed by atoms with Gasteiger partial charge in [-0.1, -0.05) is 19.1 Å². The molecule has 1 saturated heterocycles. The van der Waals surface area contributed by atoms with Crippen molar-refractivity contribution < 1.29 is 14.6 Å². The molecule has 1 unspecified atom stereocenters. The highest BCUT2D eigenvalue weighted by Crippen LogP contribution is 2.35. The predicted octanol–water partition coefficient (Wildman–Crippen LogP) is 1.72. The summed E-state index contributed by atoms with van der Waals surface area (Å²) in [6.45, 7) is 5.35. The minimum absolute atomic E-state index is 0.118. The van der Waals surface area contributed by atoms with E-state index in [1.165, 1.54) is 7.11 Å². The van der Waals surface area contributed by atoms with Crippen molar-refractivity contribution in [3.8, 4) is 11.5 Å². The van der Waals surface area contributed by atoms with Gasteiger partial charge >= 0.3 is 0 Å². The second-order valence-electron chi connectivity index (χ2n) is 5.47. The first-order valence-electron chi connectivity index (χ1n) is 7.48. The number of phenolic OH excluding ortho intramolecular Hbond substituents is 1. The number of benzene rings is 1. The molecule has 5 nitrogen and oxygen atoms in total. The van der Waals surface area contributed by atoms with Crippen LogP contribution in [-0.4, -0.2) is 49.2 Å². The average Bonchev–Trinajstić information content (AvgIpc) is 2.53. The SMILES string of the molecule is COc1cccc(C(C)CCC(=O)N2CCNCC2)c1O. The molecule has 1 atom stereocenters. The number of rotatable bonds is 5. The lowest BCUT2D eigenvalue weighted by Gasteiger charge is -2.28. The number of carbonyl (C=O) groups excluding carboxylic acids is 1. The zero-order valence-corrected chi connectivity index (χ0v) is 12.8. The summed E-state index contributed by atoms with van der Waals surface area (Å²) in [5.41, 5.74) is 0.836. The van der Waals surface area contributed by atoms with Crippen molar-refractivity contribution in [3.63, 3.8) is 0 Å². The Morgan fingerprint density at radius 1 is 1.43 bits per heavy atom. The molecule has 5 heteroatoms. The highest BCUT2D eigenvalue weighted by molar-refractivity contribution is 5.76. The number of aromatic hydroxyl groups is 1. The Morgan fingerprint density at radius 3 is 2.81 bits per heavy atom. The van der Waals surface area contributed by atoms with Gasteiger partial charge in [0.15, 0.2) is 11.5 Å². The predicted molar refractivity (Wildman–Crippen MR) is 81.8 cm³/mol. The van der Waals surface area contributed by atoms with Crippen LogP contribution in [0.1, 0.15) is 31.2 Å². The molecule has 2 N–H and O–H groups in total. The van der Waals surface area contributed by atoms with Crippen LogP contribution >= 0.6 is 0 Å². The summed E-state index contributed by atoms with van der Waals surface area (Å²) < 4.78 is 5.12. The fraction of sp³-hybridized carbons (Fsp3) is 0.562. The maximum absolute atomic E-state index is 12.2. The smallest absolute Gasteiger partial charge is 0.222 e. The van der Waals surface area contributed by atoms with Gasteiger partial charge in [0.05, 0.1) is 7.11 Å². The third-order valence-electron chi connectivity index (χ3n) is 4.04. The summed E-state index contributed by atoms with van der Waals surface area (Å²) in [4.78, 5) is 14.1. The molecule has 0 aliphatic carbocycles. The van der Waals surface area contributed by atoms with Crippen molar-refractivity contribution in [2.24, 2.45) is 0 Å². The number of carbonyl (C=O) groups is 1. The van der Waals surface area contributed by atoms with Crippen molar-refractivity contribution in [2.45, 2.75) is 25.7 Å². The molecule has 116 valence electrons. The van der Waals surface area contributed by atoms with Crippen molar-refractivity contribution in [1.29, 1.82) is 0 Å². The molecular formula is C16H24N2O3. The largest absolute Gasteiger partial charge is 0.504 e. The van der Waals surface area contributed by atoms with Crippen LogP contribution in [0.5, 0.6) is 11.5 Å². The second kappa shape index (κ2) is 7.31. The molecule has 0 bridgehead atoms. The Kier molecular flexibility index (Phi) is 5.44. The molecule has 1 fully saturated rings. The number of piperazine rings is 1. The molecule has 1 amide bonds. The molecular weight excluding hydrogens is 268 g/mol. The third kappa shape index (κ3) is 3.88. The summed E-state index contributed by atoms with van der Waals surface area (Å²) >= 11 is 0. The van der Waals surface area contributed by atoms with Crippen LogP contribution in [0, 0.1) is 0 Å². The van der Waals surface area contributed by atoms with E-state index >= 15 is 0 Å². The van der Waals surface area contributed by atoms with Crippen LogP contribution in [0.15, 0.2) is 18.2 Å². The van der Waals surface area contributed by atoms with Crippen molar-refractivity contribution >= 4 is 5.91 Å². The van der Waals surface area contributed by atoms with Crippen LogP contribution in [-0.2, 0) is 4.79 Å². The van der Waals surface area contributed by atoms with Crippen LogP contribution in [0.25, 0.3) is 0 Å². The van der Waals surface area contributed by atoms with Crippen LogP contribution in [0.3, 0.4) is 0 Å². The van der Waals surface area contributed by atoms with Gasteiger partial charge in [-0.2, -0.15) is 0 Å². The molecule has 1 aromatic carbocycles. The van der Waals surface area contributed by atoms with E-state index in [0.29, 0.717) is 12.2 Å². The lowest BCUT2D eigenvalue weighted by Crippen LogP contribution is -2.46. The van der Waals surface area contributed by atoms with Gasteiger partial charge < -0.3 is 20.1 Å². The first-order valence-corrected chi connectivity index (χ1v) is 7.48. The van der Waals surface area contributed by atoms with E-state index in [-0.39, 0.29) is 17.6 Å². The number of hydrogen-bond acceptors (Lipinski definition) is 4. The quantitative estimate of drug-likeness (QED) is 0.867. The standard InChI is InChI=1S/C16H24N2O3/c1-12(13-4-3-5-14(21-2)16(13)20)6-7-15(19)18-10-8-17-9-11-18/h3-5,12,17,20H,6-11H2,1-2H3. The van der Waals surface area contributed by atoms with Gasteiger partial charge in [0.1, 0.15) is 0 Å². The summed E-state index contributed by atoms with van der Waals surface area (Å²) in [5.74, 6) is 0.979. The molecule has 0 spiro atoms. The summed E-state index contributed by atoms with van der Waals surface area (Å²) in [7, 11) is 1.54. The highest BCUT2D eigenvalue weighted by Gasteiger charge is 2.19. The summed E-state index contributed by atoms with van der Waals surface area (Å²) in [6, 6.07) is 5.48. The fourth-order valence-electron chi connectivity index (χ4n) is 2.67. The van der Waals surface area contributed by atoms with Gasteiger partial charge in [-0.15, -0.1) is 0 Å². The molecule has 0 radical (unpaired) electrons. The van der Waals surface area contributed by atoms with Gasteiger partial charge in [-0.3, -0.25) is 4.79 Å². The number of nitrogens with one attached hydrogen (secondary N) is 1. The van der Waals surface area contributed by atoms with E-state index in [9.17, 15) is 9.90 Å². The van der Waals surface area contributed by atoms with E-state index in [0.717, 1.165) is 38.2 Å². The van der Waals surface area contributed by atoms with E-state index in [1.807, 2.05) is 24.0 Å². The molecule has 0 saturated carbocycles. The molecule has 1 heterocycles. The van der Waals surface area contributed by atoms with Crippen molar-refractivity contribution in [1.82, 2.24) is 10.2 Å². The lowest BCUT2D eigenvalue weighted by atomic mass is 9.94. The first kappa shape index (κ1) is 15.6. The topological polar surface area (TPSA) is 61.8 Å². The number of para-hydroxylation sites is 1. The Morgan fingerprint density at radius 2 is 2.14 bits per heavy atom. The number of nitrogens with zero attached hydrogens (tertiary/aromatic N) is 1. The normalized spacial score (nSPS) is 16.6. The first-order chi connectivity index (χ1) is 10.1. The minimum atomic E-state index is 0.118. The molecule has 1 aliphatic rings. The second-order valence-corrected chi connectivity index (χ2v) is 5.47. The van der Waals surface area contributed by atoms with E-state index in [1.54, 1.807) is 6.07 Å². The van der Waals surface area contributed by atoms with Crippen LogP contribution < -0.4 is 10.1 Å². The number of ether oxygens (including phenoxy) is 1. The zero-order chi connectivity index (χ0) is 15.2. The van der Waals surface area contributed by atoms with Crippen LogP contribution in [0.4, 0.5) is 0 Å². The van der Waals surface area contributed by atoms with E-state index in [4.69, 9.17) is 4.74 Å². The minimum Gasteiger partial charge on any atom is -0.504 e. The fourth-order valence-corrected chi connectivity index (χ4v) is 2.67. The third-order valence-corrected chi connectivity index (χ3v) is 4.04. The molecule has 1 aromatic rings. The van der Waals surface area contributed by atoms with E-state index < -0.39 is 0 Å². The number of methoxy groups -OCH3 is 1. The maximum Gasteiger partial charge on any atom is 0.222 e. The van der Waals surface area contributed by atoms with Gasteiger partial charge in [0.2, 0.25) is 5.91 Å². The molecule has 0 aromatic heterocycles. The van der Waals surface area contributed by atoms with Gasteiger partial charge in [-0.05, 0) is 18.4 Å². The number of phenols is 1. The van der Waals surface area contributed by atoms with Gasteiger partial charge in [0.25, 0.3) is 0 Å². The average molecular weight is 292 g/mol. The summed E-state index contributed by atoms with van der Waals surface area (Å²) in [6.07, 6.45) is 1.24. The van der Waals surface area contributed by atoms with Crippen molar-refractivity contribution in [3.05, 3.63) is 23.8 Å². The van der Waals surface area contributed by atoms with Crippen LogP contribution in [0.2, 0.25) is 0 Å². The lowest BCUT2D eigenvalue weighted by molar-refractivity contribution is -0.131. The monoisotopic (exact) mass is 292 g/mol. The highest BCUT2D eigenvalue weighted by atomic mass is 16.5. The Balaban J connectivity index is 1.92. The Hall–Kier alpha value is -1.75. The maximum atomic E-state index is 12.2. The Bertz CT molecular complexity index is 484. The Labute approximate surface area is 125 Å².